The van der Waals surface area contributed by atoms with Crippen molar-refractivity contribution in [1.82, 2.24) is 0 Å². The molecule has 0 aliphatic carbocycles. The Hall–Kier alpha value is -0.610. The minimum Gasteiger partial charge on any atom is -0.127 e. The lowest BCUT2D eigenvalue weighted by molar-refractivity contribution is 0.664. The van der Waals surface area contributed by atoms with Crippen LogP contribution in [0.2, 0.25) is 0 Å². The van der Waals surface area contributed by atoms with Crippen LogP contribution in [0.3, 0.4) is 0 Å². The van der Waals surface area contributed by atoms with E-state index in [0.717, 1.165) is 6.42 Å². The number of rotatable bonds is 3. The molecule has 0 fully saturated rings. The van der Waals surface area contributed by atoms with Crippen LogP contribution >= 0.6 is 9.24 Å². The quantitative estimate of drug-likeness (QED) is 0.638. The fraction of sp³-hybridized carbons (Fsp3) is 0.333. The van der Waals surface area contributed by atoms with Crippen LogP contribution in [0.25, 0.3) is 6.08 Å². The summed E-state index contributed by atoms with van der Waals surface area (Å²) in [7, 11) is 2.91. The molecule has 0 spiro atoms. The largest absolute Gasteiger partial charge is 0.127 e. The topological polar surface area (TPSA) is 0 Å². The molecule has 0 heterocycles. The summed E-state index contributed by atoms with van der Waals surface area (Å²) in [5.41, 5.74) is 2.55. The predicted molar refractivity (Wildman–Crippen MR) is 63.9 cm³/mol. The number of hydrogen-bond donors (Lipinski definition) is 0. The molecule has 0 saturated carbocycles. The van der Waals surface area contributed by atoms with E-state index < -0.39 is 0 Å². The van der Waals surface area contributed by atoms with Crippen LogP contribution in [0.4, 0.5) is 0 Å². The molecule has 1 aromatic rings. The fourth-order valence-corrected chi connectivity index (χ4v) is 1.40. The van der Waals surface area contributed by atoms with Crippen LogP contribution in [0.15, 0.2) is 30.8 Å². The first-order chi connectivity index (χ1) is 6.10. The monoisotopic (exact) mass is 192 g/mol. The van der Waals surface area contributed by atoms with Crippen molar-refractivity contribution in [2.24, 2.45) is 0 Å². The molecule has 2 atom stereocenters. The second kappa shape index (κ2) is 4.07. The third-order valence-electron chi connectivity index (χ3n) is 2.54. The van der Waals surface area contributed by atoms with Crippen molar-refractivity contribution in [3.05, 3.63) is 42.0 Å². The smallest absolute Gasteiger partial charge is 0.00668 e. The standard InChI is InChI=1S/C12H17P/c1-4-10-6-8-11(9-7-10)12(3,13)5-2/h4,6-9H,1,5,13H2,2-3H3. The molecule has 0 N–H and O–H groups in total. The van der Waals surface area contributed by atoms with E-state index >= 15 is 0 Å². The lowest BCUT2D eigenvalue weighted by Crippen LogP contribution is -2.10. The Morgan fingerprint density at radius 2 is 1.92 bits per heavy atom. The molecule has 70 valence electrons. The van der Waals surface area contributed by atoms with Gasteiger partial charge in [0.15, 0.2) is 0 Å². The van der Waals surface area contributed by atoms with Gasteiger partial charge in [0.1, 0.15) is 0 Å². The Morgan fingerprint density at radius 1 is 1.38 bits per heavy atom. The van der Waals surface area contributed by atoms with Gasteiger partial charge >= 0.3 is 0 Å². The average molecular weight is 192 g/mol. The molecule has 2 unspecified atom stereocenters. The molecule has 0 aliphatic heterocycles. The van der Waals surface area contributed by atoms with Crippen molar-refractivity contribution >= 4 is 15.3 Å². The van der Waals surface area contributed by atoms with Crippen molar-refractivity contribution < 1.29 is 0 Å². The summed E-state index contributed by atoms with van der Waals surface area (Å²) in [4.78, 5) is 0. The van der Waals surface area contributed by atoms with Crippen molar-refractivity contribution in [1.29, 1.82) is 0 Å². The average Bonchev–Trinajstić information content (AvgIpc) is 2.18. The van der Waals surface area contributed by atoms with E-state index in [-0.39, 0.29) is 5.16 Å². The second-order valence-electron chi connectivity index (χ2n) is 3.60. The molecule has 0 radical (unpaired) electrons. The minimum absolute atomic E-state index is 0.208. The highest BCUT2D eigenvalue weighted by atomic mass is 31.0. The Morgan fingerprint density at radius 3 is 2.31 bits per heavy atom. The van der Waals surface area contributed by atoms with Gasteiger partial charge in [-0.05, 0) is 17.5 Å². The maximum Gasteiger partial charge on any atom is 0.00668 e. The molecule has 1 rings (SSSR count). The van der Waals surface area contributed by atoms with Crippen LogP contribution < -0.4 is 0 Å². The summed E-state index contributed by atoms with van der Waals surface area (Å²) in [6, 6.07) is 8.57. The first-order valence-corrected chi connectivity index (χ1v) is 5.19. The highest BCUT2D eigenvalue weighted by Crippen LogP contribution is 2.34. The van der Waals surface area contributed by atoms with E-state index in [0.29, 0.717) is 0 Å². The SMILES string of the molecule is C=Cc1ccc(C(C)(P)CC)cc1. The highest BCUT2D eigenvalue weighted by molar-refractivity contribution is 7.18. The third-order valence-corrected chi connectivity index (χ3v) is 3.28. The van der Waals surface area contributed by atoms with Crippen LogP contribution in [-0.2, 0) is 5.16 Å². The van der Waals surface area contributed by atoms with E-state index in [9.17, 15) is 0 Å². The summed E-state index contributed by atoms with van der Waals surface area (Å²) >= 11 is 0. The maximum atomic E-state index is 3.74. The molecule has 0 nitrogen and oxygen atoms in total. The molecule has 13 heavy (non-hydrogen) atoms. The van der Waals surface area contributed by atoms with Gasteiger partial charge < -0.3 is 0 Å². The Labute approximate surface area is 83.3 Å². The minimum atomic E-state index is 0.208. The summed E-state index contributed by atoms with van der Waals surface area (Å²) in [5.74, 6) is 0. The summed E-state index contributed by atoms with van der Waals surface area (Å²) < 4.78 is 0. The van der Waals surface area contributed by atoms with Crippen LogP contribution in [0.1, 0.15) is 31.4 Å². The zero-order valence-electron chi connectivity index (χ0n) is 8.38. The molecular weight excluding hydrogens is 175 g/mol. The molecular formula is C12H17P. The third kappa shape index (κ3) is 2.42. The van der Waals surface area contributed by atoms with E-state index in [2.05, 4.69) is 53.9 Å². The van der Waals surface area contributed by atoms with Gasteiger partial charge in [0.25, 0.3) is 0 Å². The van der Waals surface area contributed by atoms with E-state index in [1.807, 2.05) is 6.08 Å². The van der Waals surface area contributed by atoms with Gasteiger partial charge in [-0.15, -0.1) is 9.24 Å². The zero-order valence-corrected chi connectivity index (χ0v) is 9.53. The zero-order chi connectivity index (χ0) is 9.90. The van der Waals surface area contributed by atoms with Gasteiger partial charge in [0.2, 0.25) is 0 Å². The molecule has 0 aromatic heterocycles. The Kier molecular flexibility index (Phi) is 3.27. The van der Waals surface area contributed by atoms with Gasteiger partial charge in [-0.2, -0.15) is 0 Å². The van der Waals surface area contributed by atoms with Crippen LogP contribution in [0.5, 0.6) is 0 Å². The first-order valence-electron chi connectivity index (χ1n) is 4.62. The molecule has 0 bridgehead atoms. The van der Waals surface area contributed by atoms with Crippen molar-refractivity contribution in [3.8, 4) is 0 Å². The summed E-state index contributed by atoms with van der Waals surface area (Å²) in [5, 5.41) is 0.208. The Balaban J connectivity index is 2.98. The lowest BCUT2D eigenvalue weighted by atomic mass is 9.96. The van der Waals surface area contributed by atoms with Crippen molar-refractivity contribution in [3.63, 3.8) is 0 Å². The molecule has 0 saturated heterocycles. The van der Waals surface area contributed by atoms with E-state index in [4.69, 9.17) is 0 Å². The number of hydrogen-bond acceptors (Lipinski definition) is 0. The van der Waals surface area contributed by atoms with Crippen molar-refractivity contribution in [2.75, 3.05) is 0 Å². The van der Waals surface area contributed by atoms with Gasteiger partial charge in [-0.25, -0.2) is 0 Å². The molecule has 1 heteroatoms. The highest BCUT2D eigenvalue weighted by Gasteiger charge is 2.17. The van der Waals surface area contributed by atoms with E-state index in [1.54, 1.807) is 0 Å². The van der Waals surface area contributed by atoms with Gasteiger partial charge in [0, 0.05) is 5.16 Å². The maximum absolute atomic E-state index is 3.74. The molecule has 0 aliphatic rings. The Bertz CT molecular complexity index is 282. The normalized spacial score (nSPS) is 15.0. The van der Waals surface area contributed by atoms with Gasteiger partial charge in [-0.3, -0.25) is 0 Å². The molecule has 1 aromatic carbocycles. The van der Waals surface area contributed by atoms with Crippen LogP contribution in [0, 0.1) is 0 Å². The number of benzene rings is 1. The van der Waals surface area contributed by atoms with Gasteiger partial charge in [-0.1, -0.05) is 50.8 Å². The second-order valence-corrected chi connectivity index (χ2v) is 4.87. The first kappa shape index (κ1) is 10.5. The fourth-order valence-electron chi connectivity index (χ4n) is 1.20. The summed E-state index contributed by atoms with van der Waals surface area (Å²) in [6.07, 6.45) is 3.00. The van der Waals surface area contributed by atoms with Gasteiger partial charge in [0.05, 0.1) is 0 Å². The van der Waals surface area contributed by atoms with Crippen molar-refractivity contribution in [2.45, 2.75) is 25.4 Å². The lowest BCUT2D eigenvalue weighted by Gasteiger charge is -2.23. The predicted octanol–water partition coefficient (Wildman–Crippen LogP) is 3.83. The van der Waals surface area contributed by atoms with Crippen LogP contribution in [-0.4, -0.2) is 0 Å². The summed E-state index contributed by atoms with van der Waals surface area (Å²) in [6.45, 7) is 8.18. The van der Waals surface area contributed by atoms with E-state index in [1.165, 1.54) is 11.1 Å². The molecule has 0 amide bonds.